The minimum absolute atomic E-state index is 0.686. The molecule has 0 atom stereocenters. The molecule has 1 aliphatic rings. The molecule has 0 unspecified atom stereocenters. The second-order valence-electron chi connectivity index (χ2n) is 7.06. The van der Waals surface area contributed by atoms with Crippen LogP contribution in [-0.2, 0) is 0 Å². The second kappa shape index (κ2) is 9.04. The average Bonchev–Trinajstić information content (AvgIpc) is 2.70. The van der Waals surface area contributed by atoms with Crippen molar-refractivity contribution >= 4 is 16.5 Å². The van der Waals surface area contributed by atoms with Gasteiger partial charge in [0.15, 0.2) is 0 Å². The van der Waals surface area contributed by atoms with Gasteiger partial charge in [-0.05, 0) is 74.9 Å². The van der Waals surface area contributed by atoms with E-state index in [2.05, 4.69) is 23.8 Å². The minimum Gasteiger partial charge on any atom is -0.497 e. The van der Waals surface area contributed by atoms with E-state index in [1.165, 1.54) is 19.3 Å². The molecule has 1 fully saturated rings. The molecule has 1 saturated heterocycles. The third-order valence-electron chi connectivity index (χ3n) is 5.17. The van der Waals surface area contributed by atoms with E-state index >= 15 is 0 Å². The lowest BCUT2D eigenvalue weighted by Gasteiger charge is -2.23. The van der Waals surface area contributed by atoms with Crippen molar-refractivity contribution in [1.29, 1.82) is 0 Å². The third kappa shape index (κ3) is 4.36. The maximum absolute atomic E-state index is 6.01. The molecule has 3 rings (SSSR count). The van der Waals surface area contributed by atoms with Gasteiger partial charge in [-0.1, -0.05) is 13.5 Å². The van der Waals surface area contributed by atoms with E-state index in [0.29, 0.717) is 6.61 Å². The van der Waals surface area contributed by atoms with Gasteiger partial charge < -0.3 is 14.8 Å². The van der Waals surface area contributed by atoms with Crippen molar-refractivity contribution < 1.29 is 9.47 Å². The topological polar surface area (TPSA) is 43.4 Å². The highest BCUT2D eigenvalue weighted by Gasteiger charge is 2.17. The van der Waals surface area contributed by atoms with Gasteiger partial charge >= 0.3 is 0 Å². The zero-order chi connectivity index (χ0) is 18.4. The molecule has 1 aliphatic heterocycles. The number of hydrogen-bond donors (Lipinski definition) is 1. The number of ether oxygens (including phenoxy) is 2. The van der Waals surface area contributed by atoms with E-state index < -0.39 is 0 Å². The largest absolute Gasteiger partial charge is 0.497 e. The van der Waals surface area contributed by atoms with Gasteiger partial charge in [-0.2, -0.15) is 0 Å². The standard InChI is InChI=1S/C22H30N2O2/c1-4-13-26-21-15-24-20-8-7-18(25-3)14-19(20)22(21)16(2)5-6-17-9-11-23-12-10-17/h7-8,14-15,17,23H,2,4-6,9-13H2,1,3H3. The lowest BCUT2D eigenvalue weighted by molar-refractivity contribution is 0.315. The van der Waals surface area contributed by atoms with Crippen LogP contribution in [0.2, 0.25) is 0 Å². The van der Waals surface area contributed by atoms with Crippen molar-refractivity contribution in [3.63, 3.8) is 0 Å². The first-order chi connectivity index (χ1) is 12.7. The van der Waals surface area contributed by atoms with Crippen LogP contribution in [0.1, 0.15) is 44.6 Å². The molecule has 140 valence electrons. The van der Waals surface area contributed by atoms with Crippen LogP contribution in [0.5, 0.6) is 11.5 Å². The van der Waals surface area contributed by atoms with Gasteiger partial charge in [0.2, 0.25) is 0 Å². The molecular formula is C22H30N2O2. The van der Waals surface area contributed by atoms with E-state index in [0.717, 1.165) is 65.4 Å². The average molecular weight is 354 g/mol. The van der Waals surface area contributed by atoms with Gasteiger partial charge in [-0.25, -0.2) is 0 Å². The minimum atomic E-state index is 0.686. The van der Waals surface area contributed by atoms with Crippen molar-refractivity contribution in [3.05, 3.63) is 36.5 Å². The summed E-state index contributed by atoms with van der Waals surface area (Å²) in [5, 5.41) is 4.50. The highest BCUT2D eigenvalue weighted by atomic mass is 16.5. The predicted molar refractivity (Wildman–Crippen MR) is 108 cm³/mol. The summed E-state index contributed by atoms with van der Waals surface area (Å²) in [5.41, 5.74) is 3.18. The Kier molecular flexibility index (Phi) is 6.51. The molecule has 2 heterocycles. The van der Waals surface area contributed by atoms with E-state index in [-0.39, 0.29) is 0 Å². The Morgan fingerprint density at radius 3 is 2.85 bits per heavy atom. The fraction of sp³-hybridized carbons (Fsp3) is 0.500. The maximum Gasteiger partial charge on any atom is 0.145 e. The first-order valence-electron chi connectivity index (χ1n) is 9.71. The normalized spacial score (nSPS) is 15.2. The van der Waals surface area contributed by atoms with E-state index in [1.807, 2.05) is 24.4 Å². The second-order valence-corrected chi connectivity index (χ2v) is 7.06. The van der Waals surface area contributed by atoms with Crippen LogP contribution in [-0.4, -0.2) is 31.8 Å². The van der Waals surface area contributed by atoms with Crippen LogP contribution in [0.3, 0.4) is 0 Å². The highest BCUT2D eigenvalue weighted by Crippen LogP contribution is 2.36. The number of rotatable bonds is 8. The summed E-state index contributed by atoms with van der Waals surface area (Å²) in [6.07, 6.45) is 7.51. The number of benzene rings is 1. The fourth-order valence-corrected chi connectivity index (χ4v) is 3.64. The molecule has 0 radical (unpaired) electrons. The number of methoxy groups -OCH3 is 1. The monoisotopic (exact) mass is 354 g/mol. The molecular weight excluding hydrogens is 324 g/mol. The summed E-state index contributed by atoms with van der Waals surface area (Å²) in [5.74, 6) is 2.46. The van der Waals surface area contributed by atoms with Crippen LogP contribution in [0.4, 0.5) is 0 Å². The van der Waals surface area contributed by atoms with Gasteiger partial charge in [-0.15, -0.1) is 0 Å². The number of allylic oxidation sites excluding steroid dienone is 1. The Balaban J connectivity index is 1.89. The Hall–Kier alpha value is -2.07. The van der Waals surface area contributed by atoms with Gasteiger partial charge in [0.25, 0.3) is 0 Å². The number of fused-ring (bicyclic) bond motifs is 1. The SMILES string of the molecule is C=C(CCC1CCNCC1)c1c(OCCC)cnc2ccc(OC)cc12. The maximum atomic E-state index is 6.01. The number of aromatic nitrogens is 1. The lowest BCUT2D eigenvalue weighted by atomic mass is 9.89. The Morgan fingerprint density at radius 1 is 1.31 bits per heavy atom. The van der Waals surface area contributed by atoms with Crippen molar-refractivity contribution in [2.24, 2.45) is 5.92 Å². The Morgan fingerprint density at radius 2 is 2.12 bits per heavy atom. The zero-order valence-corrected chi connectivity index (χ0v) is 16.0. The van der Waals surface area contributed by atoms with Crippen molar-refractivity contribution in [2.45, 2.75) is 39.0 Å². The molecule has 0 aliphatic carbocycles. The molecule has 0 amide bonds. The summed E-state index contributed by atoms with van der Waals surface area (Å²) >= 11 is 0. The van der Waals surface area contributed by atoms with E-state index in [1.54, 1.807) is 7.11 Å². The number of nitrogens with one attached hydrogen (secondary N) is 1. The molecule has 4 nitrogen and oxygen atoms in total. The molecule has 1 aromatic carbocycles. The molecule has 1 N–H and O–H groups in total. The van der Waals surface area contributed by atoms with Crippen LogP contribution >= 0.6 is 0 Å². The van der Waals surface area contributed by atoms with Crippen LogP contribution < -0.4 is 14.8 Å². The van der Waals surface area contributed by atoms with E-state index in [9.17, 15) is 0 Å². The molecule has 26 heavy (non-hydrogen) atoms. The van der Waals surface area contributed by atoms with Crippen LogP contribution in [0, 0.1) is 5.92 Å². The molecule has 0 bridgehead atoms. The fourth-order valence-electron chi connectivity index (χ4n) is 3.64. The summed E-state index contributed by atoms with van der Waals surface area (Å²) in [7, 11) is 1.69. The summed E-state index contributed by atoms with van der Waals surface area (Å²) in [6, 6.07) is 6.00. The molecule has 2 aromatic rings. The first-order valence-corrected chi connectivity index (χ1v) is 9.71. The first kappa shape index (κ1) is 18.7. The van der Waals surface area contributed by atoms with Crippen LogP contribution in [0.15, 0.2) is 31.0 Å². The Bertz CT molecular complexity index is 751. The number of hydrogen-bond acceptors (Lipinski definition) is 4. The van der Waals surface area contributed by atoms with Crippen LogP contribution in [0.25, 0.3) is 16.5 Å². The van der Waals surface area contributed by atoms with E-state index in [4.69, 9.17) is 9.47 Å². The Labute approximate surface area is 156 Å². The molecule has 0 spiro atoms. The zero-order valence-electron chi connectivity index (χ0n) is 16.0. The summed E-state index contributed by atoms with van der Waals surface area (Å²) < 4.78 is 11.4. The van der Waals surface area contributed by atoms with Gasteiger partial charge in [-0.3, -0.25) is 4.98 Å². The van der Waals surface area contributed by atoms with Crippen molar-refractivity contribution in [2.75, 3.05) is 26.8 Å². The summed E-state index contributed by atoms with van der Waals surface area (Å²) in [6.45, 7) is 9.49. The molecule has 0 saturated carbocycles. The molecule has 1 aromatic heterocycles. The van der Waals surface area contributed by atoms with Crippen molar-refractivity contribution in [1.82, 2.24) is 10.3 Å². The lowest BCUT2D eigenvalue weighted by Crippen LogP contribution is -2.27. The number of piperidine rings is 1. The highest BCUT2D eigenvalue weighted by molar-refractivity contribution is 5.94. The number of nitrogens with zero attached hydrogens (tertiary/aromatic N) is 1. The predicted octanol–water partition coefficient (Wildman–Crippen LogP) is 4.83. The smallest absolute Gasteiger partial charge is 0.145 e. The van der Waals surface area contributed by atoms with Gasteiger partial charge in [0.05, 0.1) is 25.4 Å². The summed E-state index contributed by atoms with van der Waals surface area (Å²) in [4.78, 5) is 4.57. The van der Waals surface area contributed by atoms with Gasteiger partial charge in [0, 0.05) is 10.9 Å². The quantitative estimate of drug-likeness (QED) is 0.738. The van der Waals surface area contributed by atoms with Crippen molar-refractivity contribution in [3.8, 4) is 11.5 Å². The van der Waals surface area contributed by atoms with Gasteiger partial charge in [0.1, 0.15) is 11.5 Å². The third-order valence-corrected chi connectivity index (χ3v) is 5.17. The molecule has 4 heteroatoms. The number of pyridine rings is 1.